The average Bonchev–Trinajstić information content (AvgIpc) is 2.30. The van der Waals surface area contributed by atoms with Gasteiger partial charge >= 0.3 is 5.97 Å². The van der Waals surface area contributed by atoms with Gasteiger partial charge in [-0.3, -0.25) is 4.79 Å². The zero-order valence-corrected chi connectivity index (χ0v) is 10.6. The molecule has 0 aliphatic carbocycles. The Hall–Kier alpha value is -1.52. The van der Waals surface area contributed by atoms with Gasteiger partial charge in [0.05, 0.1) is 13.2 Å². The molecule has 0 heterocycles. The van der Waals surface area contributed by atoms with Crippen molar-refractivity contribution in [3.05, 3.63) is 11.5 Å². The summed E-state index contributed by atoms with van der Waals surface area (Å²) in [6.45, 7) is 5.72. The SMILES string of the molecule is CCCCC(=O)/C(OCC)=C(/OCC)C(=O)O. The standard InChI is InChI=1S/C12H20O5/c1-4-7-8-9(13)10(16-5-2)11(12(14)15)17-6-3/h4-8H2,1-3H3,(H,14,15)/b11-10-. The summed E-state index contributed by atoms with van der Waals surface area (Å²) in [6.07, 6.45) is 1.84. The summed E-state index contributed by atoms with van der Waals surface area (Å²) in [7, 11) is 0. The molecule has 17 heavy (non-hydrogen) atoms. The van der Waals surface area contributed by atoms with Gasteiger partial charge in [-0.2, -0.15) is 0 Å². The largest absolute Gasteiger partial charge is 0.487 e. The molecule has 0 bridgehead atoms. The molecule has 5 heteroatoms. The number of carboxylic acids is 1. The van der Waals surface area contributed by atoms with E-state index in [4.69, 9.17) is 14.6 Å². The Labute approximate surface area is 101 Å². The van der Waals surface area contributed by atoms with Crippen molar-refractivity contribution in [3.63, 3.8) is 0 Å². The van der Waals surface area contributed by atoms with Crippen molar-refractivity contribution >= 4 is 11.8 Å². The number of aliphatic carboxylic acids is 1. The molecule has 0 amide bonds. The molecule has 0 atom stereocenters. The topological polar surface area (TPSA) is 72.8 Å². The quantitative estimate of drug-likeness (QED) is 0.496. The lowest BCUT2D eigenvalue weighted by Gasteiger charge is -2.11. The molecule has 0 aliphatic heterocycles. The van der Waals surface area contributed by atoms with E-state index in [1.54, 1.807) is 13.8 Å². The third kappa shape index (κ3) is 5.38. The second-order valence-corrected chi connectivity index (χ2v) is 3.36. The van der Waals surface area contributed by atoms with Gasteiger partial charge in [-0.1, -0.05) is 13.3 Å². The number of unbranched alkanes of at least 4 members (excludes halogenated alkanes) is 1. The van der Waals surface area contributed by atoms with Crippen LogP contribution < -0.4 is 0 Å². The highest BCUT2D eigenvalue weighted by atomic mass is 16.5. The lowest BCUT2D eigenvalue weighted by Crippen LogP contribution is -2.16. The maximum atomic E-state index is 11.8. The van der Waals surface area contributed by atoms with Gasteiger partial charge in [-0.05, 0) is 20.3 Å². The molecule has 0 radical (unpaired) electrons. The summed E-state index contributed by atoms with van der Waals surface area (Å²) in [5.41, 5.74) is 0. The Balaban J connectivity index is 5.04. The number of carboxylic acid groups (broad SMARTS) is 1. The van der Waals surface area contributed by atoms with Crippen molar-refractivity contribution in [1.82, 2.24) is 0 Å². The molecule has 98 valence electrons. The Kier molecular flexibility index (Phi) is 7.84. The smallest absolute Gasteiger partial charge is 0.375 e. The number of carbonyl (C=O) groups is 2. The normalized spacial score (nSPS) is 11.7. The maximum Gasteiger partial charge on any atom is 0.375 e. The molecule has 0 rings (SSSR count). The van der Waals surface area contributed by atoms with Gasteiger partial charge in [-0.15, -0.1) is 0 Å². The molecule has 0 spiro atoms. The molecule has 0 unspecified atom stereocenters. The summed E-state index contributed by atoms with van der Waals surface area (Å²) < 4.78 is 10.1. The predicted octanol–water partition coefficient (Wildman–Crippen LogP) is 2.11. The van der Waals surface area contributed by atoms with Crippen LogP contribution in [-0.4, -0.2) is 30.1 Å². The fourth-order valence-electron chi connectivity index (χ4n) is 1.24. The number of rotatable bonds is 9. The highest BCUT2D eigenvalue weighted by Crippen LogP contribution is 2.13. The van der Waals surface area contributed by atoms with E-state index >= 15 is 0 Å². The third-order valence-electron chi connectivity index (χ3n) is 1.99. The van der Waals surface area contributed by atoms with Crippen LogP contribution in [-0.2, 0) is 19.1 Å². The third-order valence-corrected chi connectivity index (χ3v) is 1.99. The van der Waals surface area contributed by atoms with Crippen LogP contribution in [0.3, 0.4) is 0 Å². The van der Waals surface area contributed by atoms with E-state index in [1.165, 1.54) is 0 Å². The van der Waals surface area contributed by atoms with Crippen molar-refractivity contribution in [2.45, 2.75) is 40.0 Å². The summed E-state index contributed by atoms with van der Waals surface area (Å²) in [4.78, 5) is 22.8. The van der Waals surface area contributed by atoms with Gasteiger partial charge in [0.1, 0.15) is 0 Å². The van der Waals surface area contributed by atoms with Crippen LogP contribution in [0.2, 0.25) is 0 Å². The van der Waals surface area contributed by atoms with E-state index in [1.807, 2.05) is 6.92 Å². The molecule has 0 aromatic rings. The van der Waals surface area contributed by atoms with Crippen LogP contribution in [0, 0.1) is 0 Å². The molecule has 0 saturated carbocycles. The first-order chi connectivity index (χ1) is 8.08. The van der Waals surface area contributed by atoms with E-state index in [0.717, 1.165) is 6.42 Å². The number of allylic oxidation sites excluding steroid dienone is 1. The van der Waals surface area contributed by atoms with Crippen LogP contribution in [0.5, 0.6) is 0 Å². The van der Waals surface area contributed by atoms with Crippen molar-refractivity contribution in [2.24, 2.45) is 0 Å². The Bertz CT molecular complexity index is 293. The summed E-state index contributed by atoms with van der Waals surface area (Å²) >= 11 is 0. The van der Waals surface area contributed by atoms with Gasteiger partial charge in [0.15, 0.2) is 0 Å². The number of ether oxygens (including phenoxy) is 2. The van der Waals surface area contributed by atoms with E-state index in [-0.39, 0.29) is 31.2 Å². The van der Waals surface area contributed by atoms with Crippen LogP contribution in [0.4, 0.5) is 0 Å². The minimum Gasteiger partial charge on any atom is -0.487 e. The Morgan fingerprint density at radius 2 is 1.53 bits per heavy atom. The minimum absolute atomic E-state index is 0.171. The van der Waals surface area contributed by atoms with Crippen LogP contribution in [0.25, 0.3) is 0 Å². The van der Waals surface area contributed by atoms with Gasteiger partial charge in [0, 0.05) is 6.42 Å². The molecular formula is C12H20O5. The molecule has 5 nitrogen and oxygen atoms in total. The summed E-state index contributed by atoms with van der Waals surface area (Å²) in [5, 5.41) is 8.96. The molecule has 0 fully saturated rings. The maximum absolute atomic E-state index is 11.8. The average molecular weight is 244 g/mol. The Morgan fingerprint density at radius 3 is 1.94 bits per heavy atom. The summed E-state index contributed by atoms with van der Waals surface area (Å²) in [5.74, 6) is -2.16. The fraction of sp³-hybridized carbons (Fsp3) is 0.667. The number of hydrogen-bond acceptors (Lipinski definition) is 4. The highest BCUT2D eigenvalue weighted by Gasteiger charge is 2.23. The number of ketones is 1. The van der Waals surface area contributed by atoms with E-state index in [9.17, 15) is 9.59 Å². The Morgan fingerprint density at radius 1 is 1.00 bits per heavy atom. The molecular weight excluding hydrogens is 224 g/mol. The van der Waals surface area contributed by atoms with Gasteiger partial charge in [0.25, 0.3) is 5.76 Å². The van der Waals surface area contributed by atoms with Crippen molar-refractivity contribution in [3.8, 4) is 0 Å². The van der Waals surface area contributed by atoms with Crippen molar-refractivity contribution in [1.29, 1.82) is 0 Å². The molecule has 0 aromatic carbocycles. The van der Waals surface area contributed by atoms with Gasteiger partial charge in [-0.25, -0.2) is 4.79 Å². The van der Waals surface area contributed by atoms with E-state index < -0.39 is 11.7 Å². The molecule has 0 saturated heterocycles. The number of carbonyl (C=O) groups excluding carboxylic acids is 1. The second-order valence-electron chi connectivity index (χ2n) is 3.36. The first kappa shape index (κ1) is 15.5. The number of hydrogen-bond donors (Lipinski definition) is 1. The first-order valence-corrected chi connectivity index (χ1v) is 5.84. The highest BCUT2D eigenvalue weighted by molar-refractivity contribution is 6.00. The van der Waals surface area contributed by atoms with Crippen LogP contribution in [0.15, 0.2) is 11.5 Å². The molecule has 0 aliphatic rings. The lowest BCUT2D eigenvalue weighted by atomic mass is 10.1. The minimum atomic E-state index is -1.28. The van der Waals surface area contributed by atoms with Crippen molar-refractivity contribution < 1.29 is 24.2 Å². The second kappa shape index (κ2) is 8.61. The van der Waals surface area contributed by atoms with Crippen LogP contribution in [0.1, 0.15) is 40.0 Å². The fourth-order valence-corrected chi connectivity index (χ4v) is 1.24. The van der Waals surface area contributed by atoms with E-state index in [2.05, 4.69) is 0 Å². The molecule has 0 aromatic heterocycles. The van der Waals surface area contributed by atoms with Crippen molar-refractivity contribution in [2.75, 3.05) is 13.2 Å². The first-order valence-electron chi connectivity index (χ1n) is 5.84. The summed E-state index contributed by atoms with van der Waals surface area (Å²) in [6, 6.07) is 0. The van der Waals surface area contributed by atoms with Gasteiger partial charge < -0.3 is 14.6 Å². The van der Waals surface area contributed by atoms with Gasteiger partial charge in [0.2, 0.25) is 11.5 Å². The zero-order chi connectivity index (χ0) is 13.3. The van der Waals surface area contributed by atoms with E-state index in [0.29, 0.717) is 6.42 Å². The monoisotopic (exact) mass is 244 g/mol. The van der Waals surface area contributed by atoms with Crippen LogP contribution >= 0.6 is 0 Å². The predicted molar refractivity (Wildman–Crippen MR) is 62.4 cm³/mol. The molecule has 1 N–H and O–H groups in total. The lowest BCUT2D eigenvalue weighted by molar-refractivity contribution is -0.138. The number of Topliss-reactive ketones (excluding diaryl/α,β-unsaturated/α-hetero) is 1. The zero-order valence-electron chi connectivity index (χ0n) is 10.6.